The summed E-state index contributed by atoms with van der Waals surface area (Å²) in [6.45, 7) is 7.28. The minimum atomic E-state index is -0.423. The molecule has 0 aliphatic heterocycles. The number of pyridine rings is 1. The van der Waals surface area contributed by atoms with Crippen molar-refractivity contribution in [2.75, 3.05) is 45.9 Å². The van der Waals surface area contributed by atoms with Gasteiger partial charge in [-0.15, -0.1) is 0 Å². The number of aromatic nitrogens is 1. The Labute approximate surface area is 179 Å². The number of hydrogen-bond acceptors (Lipinski definition) is 7. The number of nitrogens with zero attached hydrogens (tertiary/aromatic N) is 2. The standard InChI is InChI=1S/C21H37N5O4/c1-3-5-9-24-20(27)29-15-13-26(14-16-30-21(28)25-10-6-4-2)17-19(22)18-7-11-23-12-8-18/h7-8,11-12,19H,3-6,9-10,13-17,22H2,1-2H3,(H,24,27)(H,25,28). The van der Waals surface area contributed by atoms with E-state index in [-0.39, 0.29) is 19.3 Å². The number of amides is 2. The maximum Gasteiger partial charge on any atom is 0.407 e. The Morgan fingerprint density at radius 2 is 1.50 bits per heavy atom. The fourth-order valence-electron chi connectivity index (χ4n) is 2.66. The third-order valence-electron chi connectivity index (χ3n) is 4.47. The summed E-state index contributed by atoms with van der Waals surface area (Å²) in [4.78, 5) is 29.4. The van der Waals surface area contributed by atoms with Crippen LogP contribution in [-0.4, -0.2) is 68.0 Å². The van der Waals surface area contributed by atoms with Gasteiger partial charge in [0, 0.05) is 51.2 Å². The van der Waals surface area contributed by atoms with E-state index in [0.29, 0.717) is 32.7 Å². The quantitative estimate of drug-likeness (QED) is 0.371. The molecule has 0 saturated carbocycles. The molecule has 1 aromatic heterocycles. The van der Waals surface area contributed by atoms with Crippen molar-refractivity contribution in [3.8, 4) is 0 Å². The number of carbonyl (C=O) groups is 2. The molecule has 1 unspecified atom stereocenters. The van der Waals surface area contributed by atoms with Crippen LogP contribution in [0.4, 0.5) is 9.59 Å². The lowest BCUT2D eigenvalue weighted by Gasteiger charge is -2.25. The van der Waals surface area contributed by atoms with Gasteiger partial charge in [0.1, 0.15) is 13.2 Å². The Hall–Kier alpha value is -2.39. The van der Waals surface area contributed by atoms with Crippen molar-refractivity contribution in [3.63, 3.8) is 0 Å². The predicted molar refractivity (Wildman–Crippen MR) is 116 cm³/mol. The first-order valence-corrected chi connectivity index (χ1v) is 10.8. The lowest BCUT2D eigenvalue weighted by atomic mass is 10.1. The van der Waals surface area contributed by atoms with E-state index >= 15 is 0 Å². The number of hydrogen-bond donors (Lipinski definition) is 3. The first-order chi connectivity index (χ1) is 14.6. The van der Waals surface area contributed by atoms with E-state index in [2.05, 4.69) is 29.5 Å². The molecule has 30 heavy (non-hydrogen) atoms. The average Bonchev–Trinajstić information content (AvgIpc) is 2.74. The van der Waals surface area contributed by atoms with Gasteiger partial charge >= 0.3 is 12.2 Å². The van der Waals surface area contributed by atoms with Gasteiger partial charge in [0.25, 0.3) is 0 Å². The van der Waals surface area contributed by atoms with Gasteiger partial charge in [0.15, 0.2) is 0 Å². The molecule has 0 saturated heterocycles. The average molecular weight is 424 g/mol. The van der Waals surface area contributed by atoms with Crippen LogP contribution in [0.25, 0.3) is 0 Å². The monoisotopic (exact) mass is 423 g/mol. The van der Waals surface area contributed by atoms with E-state index < -0.39 is 12.2 Å². The molecule has 4 N–H and O–H groups in total. The highest BCUT2D eigenvalue weighted by atomic mass is 16.6. The van der Waals surface area contributed by atoms with Crippen LogP contribution < -0.4 is 16.4 Å². The Morgan fingerprint density at radius 1 is 1.00 bits per heavy atom. The summed E-state index contributed by atoms with van der Waals surface area (Å²) in [5.74, 6) is 0. The Morgan fingerprint density at radius 3 is 1.97 bits per heavy atom. The second-order valence-electron chi connectivity index (χ2n) is 7.02. The summed E-state index contributed by atoms with van der Waals surface area (Å²) in [6, 6.07) is 3.51. The summed E-state index contributed by atoms with van der Waals surface area (Å²) >= 11 is 0. The maximum atomic E-state index is 11.7. The first-order valence-electron chi connectivity index (χ1n) is 10.8. The molecule has 9 heteroatoms. The highest BCUT2D eigenvalue weighted by molar-refractivity contribution is 5.67. The number of carbonyl (C=O) groups excluding carboxylic acids is 2. The third kappa shape index (κ3) is 12.2. The van der Waals surface area contributed by atoms with Crippen LogP contribution in [0.15, 0.2) is 24.5 Å². The molecule has 1 aromatic rings. The second-order valence-corrected chi connectivity index (χ2v) is 7.02. The lowest BCUT2D eigenvalue weighted by Crippen LogP contribution is -2.39. The minimum Gasteiger partial charge on any atom is -0.448 e. The van der Waals surface area contributed by atoms with Crippen LogP contribution >= 0.6 is 0 Å². The van der Waals surface area contributed by atoms with Gasteiger partial charge in [-0.3, -0.25) is 9.88 Å². The topological polar surface area (TPSA) is 119 Å². The molecule has 1 heterocycles. The van der Waals surface area contributed by atoms with Gasteiger partial charge in [-0.2, -0.15) is 0 Å². The van der Waals surface area contributed by atoms with Gasteiger partial charge in [0.05, 0.1) is 0 Å². The number of ether oxygens (including phenoxy) is 2. The number of nitrogens with one attached hydrogen (secondary N) is 2. The Kier molecular flexibility index (Phi) is 14.0. The van der Waals surface area contributed by atoms with E-state index in [4.69, 9.17) is 15.2 Å². The van der Waals surface area contributed by atoms with Gasteiger partial charge in [0.2, 0.25) is 0 Å². The third-order valence-corrected chi connectivity index (χ3v) is 4.47. The van der Waals surface area contributed by atoms with Crippen molar-refractivity contribution < 1.29 is 19.1 Å². The number of rotatable bonds is 15. The lowest BCUT2D eigenvalue weighted by molar-refractivity contribution is 0.104. The normalized spacial score (nSPS) is 11.7. The van der Waals surface area contributed by atoms with Crippen molar-refractivity contribution in [1.29, 1.82) is 0 Å². The van der Waals surface area contributed by atoms with Gasteiger partial charge in [-0.1, -0.05) is 26.7 Å². The number of alkyl carbamates (subject to hydrolysis) is 2. The maximum absolute atomic E-state index is 11.7. The summed E-state index contributed by atoms with van der Waals surface area (Å²) in [6.07, 6.45) is 6.40. The number of unbranched alkanes of at least 4 members (excludes halogenated alkanes) is 2. The molecule has 170 valence electrons. The summed E-state index contributed by atoms with van der Waals surface area (Å²) in [7, 11) is 0. The summed E-state index contributed by atoms with van der Waals surface area (Å²) < 4.78 is 10.5. The van der Waals surface area contributed by atoms with E-state index in [1.807, 2.05) is 17.0 Å². The minimum absolute atomic E-state index is 0.226. The molecule has 0 fully saturated rings. The van der Waals surface area contributed by atoms with Gasteiger partial charge in [-0.25, -0.2) is 9.59 Å². The van der Waals surface area contributed by atoms with Crippen LogP contribution in [0.3, 0.4) is 0 Å². The first kappa shape index (κ1) is 25.6. The summed E-state index contributed by atoms with van der Waals surface area (Å²) in [5.41, 5.74) is 7.28. The molecule has 0 aliphatic rings. The molecule has 1 rings (SSSR count). The van der Waals surface area contributed by atoms with E-state index in [1.54, 1.807) is 12.4 Å². The number of nitrogens with two attached hydrogens (primary N) is 1. The van der Waals surface area contributed by atoms with Crippen molar-refractivity contribution in [2.45, 2.75) is 45.6 Å². The predicted octanol–water partition coefficient (Wildman–Crippen LogP) is 2.44. The molecular weight excluding hydrogens is 386 g/mol. The highest BCUT2D eigenvalue weighted by Crippen LogP contribution is 2.10. The van der Waals surface area contributed by atoms with Crippen molar-refractivity contribution >= 4 is 12.2 Å². The van der Waals surface area contributed by atoms with Gasteiger partial charge in [-0.05, 0) is 30.5 Å². The molecule has 0 bridgehead atoms. The molecule has 9 nitrogen and oxygen atoms in total. The van der Waals surface area contributed by atoms with E-state index in [0.717, 1.165) is 31.2 Å². The SMILES string of the molecule is CCCCNC(=O)OCCN(CCOC(=O)NCCCC)CC(N)c1ccncc1. The molecule has 2 amide bonds. The Bertz CT molecular complexity index is 560. The zero-order valence-electron chi connectivity index (χ0n) is 18.3. The van der Waals surface area contributed by atoms with Crippen LogP contribution in [0.2, 0.25) is 0 Å². The van der Waals surface area contributed by atoms with Crippen molar-refractivity contribution in [3.05, 3.63) is 30.1 Å². The molecule has 0 aliphatic carbocycles. The van der Waals surface area contributed by atoms with Crippen LogP contribution in [0.1, 0.15) is 51.1 Å². The van der Waals surface area contributed by atoms with Crippen LogP contribution in [-0.2, 0) is 9.47 Å². The van der Waals surface area contributed by atoms with Gasteiger partial charge < -0.3 is 25.8 Å². The smallest absolute Gasteiger partial charge is 0.407 e. The molecule has 0 spiro atoms. The zero-order chi connectivity index (χ0) is 22.0. The molecule has 1 atom stereocenters. The molecule has 0 aromatic carbocycles. The summed E-state index contributed by atoms with van der Waals surface area (Å²) in [5, 5.41) is 5.43. The van der Waals surface area contributed by atoms with Crippen molar-refractivity contribution in [2.24, 2.45) is 5.73 Å². The molecular formula is C21H37N5O4. The highest BCUT2D eigenvalue weighted by Gasteiger charge is 2.14. The fraction of sp³-hybridized carbons (Fsp3) is 0.667. The molecule has 0 radical (unpaired) electrons. The van der Waals surface area contributed by atoms with E-state index in [1.165, 1.54) is 0 Å². The van der Waals surface area contributed by atoms with E-state index in [9.17, 15) is 9.59 Å². The largest absolute Gasteiger partial charge is 0.448 e. The fourth-order valence-corrected chi connectivity index (χ4v) is 2.66. The van der Waals surface area contributed by atoms with Crippen LogP contribution in [0.5, 0.6) is 0 Å². The van der Waals surface area contributed by atoms with Crippen LogP contribution in [0, 0.1) is 0 Å². The zero-order valence-corrected chi connectivity index (χ0v) is 18.3. The second kappa shape index (κ2) is 16.4. The Balaban J connectivity index is 2.45. The van der Waals surface area contributed by atoms with Crippen molar-refractivity contribution in [1.82, 2.24) is 20.5 Å².